The maximum absolute atomic E-state index is 13.1. The molecule has 29 nitrogen and oxygen atoms in total. The number of hydrogen-bond donors (Lipinski definition) is 4. The normalized spacial score (nSPS) is 11.6. The maximum Gasteiger partial charge on any atom is 0.411 e. The molecule has 2 unspecified atom stereocenters. The largest absolute Gasteiger partial charge is 0.462 e. The second kappa shape index (κ2) is 42.6. The molecule has 0 saturated heterocycles. The molecule has 30 heteroatoms. The fraction of sp³-hybridized carbons (Fsp3) is 0.433. The van der Waals surface area contributed by atoms with E-state index in [0.29, 0.717) is 0 Å². The van der Waals surface area contributed by atoms with Crippen LogP contribution < -0.4 is 21.3 Å². The van der Waals surface area contributed by atoms with E-state index in [-0.39, 0.29) is 101 Å². The molecule has 2 rings (SSSR count). The number of amides is 4. The van der Waals surface area contributed by atoms with Crippen LogP contribution in [-0.2, 0) is 99.5 Å². The van der Waals surface area contributed by atoms with Crippen molar-refractivity contribution in [3.63, 3.8) is 0 Å². The zero-order valence-corrected chi connectivity index (χ0v) is 51.9. The lowest BCUT2D eigenvalue weighted by atomic mass is 9.92. The van der Waals surface area contributed by atoms with Crippen LogP contribution in [0.5, 0.6) is 0 Å². The van der Waals surface area contributed by atoms with Crippen LogP contribution in [0.25, 0.3) is 0 Å². The molecule has 0 fully saturated rings. The zero-order valence-electron chi connectivity index (χ0n) is 50.9. The average Bonchev–Trinajstić information content (AvgIpc) is 3.02. The van der Waals surface area contributed by atoms with Gasteiger partial charge in [0.1, 0.15) is 58.6 Å². The Balaban J connectivity index is 1.85. The molecule has 0 aliphatic carbocycles. The van der Waals surface area contributed by atoms with Crippen LogP contribution >= 0.6 is 0 Å². The summed E-state index contributed by atoms with van der Waals surface area (Å²) >= 11 is 0. The lowest BCUT2D eigenvalue weighted by molar-refractivity contribution is -0.156. The molecular weight excluding hydrogens is 1200 g/mol. The number of benzene rings is 2. The molecule has 0 bridgehead atoms. The van der Waals surface area contributed by atoms with Gasteiger partial charge in [-0.05, 0) is 63.3 Å². The molecule has 0 aromatic heterocycles. The van der Waals surface area contributed by atoms with Crippen molar-refractivity contribution in [1.82, 2.24) is 0 Å². The number of ether oxygens (including phenoxy) is 14. The lowest BCUT2D eigenvalue weighted by Gasteiger charge is -2.31. The van der Waals surface area contributed by atoms with Crippen LogP contribution in [0.15, 0.2) is 124 Å². The number of esters is 6. The number of carbonyl (C=O) groups excluding carboxylic acids is 10. The molecule has 0 radical (unpaired) electrons. The van der Waals surface area contributed by atoms with Gasteiger partial charge in [-0.2, -0.15) is 0 Å². The summed E-state index contributed by atoms with van der Waals surface area (Å²) in [5, 5.41) is 10.2. The van der Waals surface area contributed by atoms with Crippen molar-refractivity contribution in [2.24, 2.45) is 10.8 Å². The van der Waals surface area contributed by atoms with Crippen LogP contribution in [0.3, 0.4) is 0 Å². The van der Waals surface area contributed by atoms with Crippen molar-refractivity contribution < 1.29 is 119 Å². The summed E-state index contributed by atoms with van der Waals surface area (Å²) in [6.45, 7) is 23.9. The Morgan fingerprint density at radius 3 is 1.08 bits per heavy atom. The summed E-state index contributed by atoms with van der Waals surface area (Å²) in [6, 6.07) is 12.0. The third-order valence-corrected chi connectivity index (χ3v) is 13.1. The highest BCUT2D eigenvalue weighted by atomic mass is 28.4. The fourth-order valence-electron chi connectivity index (χ4n) is 6.75. The maximum atomic E-state index is 13.1. The summed E-state index contributed by atoms with van der Waals surface area (Å²) in [6.07, 6.45) is 1.37. The van der Waals surface area contributed by atoms with Crippen LogP contribution in [0.2, 0.25) is 13.1 Å². The second-order valence-electron chi connectivity index (χ2n) is 20.0. The van der Waals surface area contributed by atoms with Crippen molar-refractivity contribution in [2.45, 2.75) is 52.0 Å². The predicted molar refractivity (Wildman–Crippen MR) is 325 cm³/mol. The van der Waals surface area contributed by atoms with Gasteiger partial charge < -0.3 is 70.7 Å². The van der Waals surface area contributed by atoms with Gasteiger partial charge in [0.15, 0.2) is 0 Å². The molecule has 0 heterocycles. The minimum Gasteiger partial charge on any atom is -0.462 e. The summed E-state index contributed by atoms with van der Waals surface area (Å²) < 4.78 is 81.5. The molecule has 2 atom stereocenters. The zero-order chi connectivity index (χ0) is 66.8. The Kier molecular flexibility index (Phi) is 36.4. The van der Waals surface area contributed by atoms with Crippen molar-refractivity contribution in [1.29, 1.82) is 0 Å². The van der Waals surface area contributed by atoms with Gasteiger partial charge in [-0.15, -0.1) is 0 Å². The van der Waals surface area contributed by atoms with E-state index in [1.165, 1.54) is 36.4 Å². The van der Waals surface area contributed by atoms with E-state index in [1.54, 1.807) is 26.0 Å². The van der Waals surface area contributed by atoms with Gasteiger partial charge in [0.25, 0.3) is 0 Å². The third kappa shape index (κ3) is 34.4. The second-order valence-corrected chi connectivity index (χ2v) is 24.1. The van der Waals surface area contributed by atoms with Gasteiger partial charge in [-0.1, -0.05) is 51.6 Å². The van der Waals surface area contributed by atoms with E-state index in [2.05, 4.69) is 60.7 Å². The van der Waals surface area contributed by atoms with E-state index < -0.39 is 131 Å². The van der Waals surface area contributed by atoms with E-state index in [9.17, 15) is 47.9 Å². The van der Waals surface area contributed by atoms with E-state index in [0.717, 1.165) is 36.5 Å². The minimum atomic E-state index is -2.50. The van der Waals surface area contributed by atoms with Crippen LogP contribution in [-0.4, -0.2) is 186 Å². The molecule has 0 spiro atoms. The Labute approximate surface area is 522 Å². The van der Waals surface area contributed by atoms with Gasteiger partial charge >= 0.3 is 60.2 Å². The van der Waals surface area contributed by atoms with Crippen molar-refractivity contribution in [3.8, 4) is 0 Å². The van der Waals surface area contributed by atoms with Crippen LogP contribution in [0.4, 0.5) is 41.9 Å². The standard InChI is InChI=1S/C60H80N4O25Si/c1-11-49(65)79-27-19-25-75-33-59(35-81-51(67)13-3,36-82-52(68)14-4)39-85-55(71)61-45-21-17-23-47(29-45)63-57(73)88-43(7)31-77-41-87-90(9,10)42-78-32-44(8)89-58(74)64-48-24-18-22-46(30-48)62-56(72)86-40-60(37-83-53(69)15-5,38-84-54(70)16-6)34-76-26-20-28-80-50(66)12-2/h11-18,21-24,29-30,43-44H,1-6,19-20,25-28,31-42H2,7-10H3,(H,61,71)(H,62,72)(H,63,73)(H,64,74). The molecule has 0 saturated carbocycles. The van der Waals surface area contributed by atoms with Crippen LogP contribution in [0, 0.1) is 10.8 Å². The Morgan fingerprint density at radius 2 is 0.733 bits per heavy atom. The highest BCUT2D eigenvalue weighted by Gasteiger charge is 2.38. The summed E-state index contributed by atoms with van der Waals surface area (Å²) in [5.41, 5.74) is -1.95. The molecule has 0 aliphatic heterocycles. The lowest BCUT2D eigenvalue weighted by Crippen LogP contribution is -2.43. The quantitative estimate of drug-likeness (QED) is 0.0126. The smallest absolute Gasteiger partial charge is 0.411 e. The van der Waals surface area contributed by atoms with E-state index in [1.807, 2.05) is 13.1 Å². The van der Waals surface area contributed by atoms with Crippen molar-refractivity contribution in [2.75, 3.05) is 127 Å². The van der Waals surface area contributed by atoms with Gasteiger partial charge in [0.05, 0.1) is 56.7 Å². The van der Waals surface area contributed by atoms with Gasteiger partial charge in [0, 0.05) is 85.3 Å². The molecule has 4 N–H and O–H groups in total. The first-order valence-electron chi connectivity index (χ1n) is 27.6. The summed E-state index contributed by atoms with van der Waals surface area (Å²) in [5.74, 6) is -4.46. The number of anilines is 4. The Bertz CT molecular complexity index is 2710. The molecule has 90 heavy (non-hydrogen) atoms. The first kappa shape index (κ1) is 76.9. The van der Waals surface area contributed by atoms with Gasteiger partial charge in [0.2, 0.25) is 8.32 Å². The number of nitrogens with one attached hydrogen (secondary N) is 4. The first-order valence-corrected chi connectivity index (χ1v) is 30.8. The predicted octanol–water partition coefficient (Wildman–Crippen LogP) is 7.27. The molecule has 0 aliphatic rings. The minimum absolute atomic E-state index is 0.00669. The van der Waals surface area contributed by atoms with Gasteiger partial charge in [-0.3, -0.25) is 21.3 Å². The van der Waals surface area contributed by atoms with Gasteiger partial charge in [-0.25, -0.2) is 47.9 Å². The number of carbonyl (C=O) groups is 10. The van der Waals surface area contributed by atoms with Crippen LogP contribution in [0.1, 0.15) is 26.7 Å². The average molecular weight is 1290 g/mol. The Morgan fingerprint density at radius 1 is 0.422 bits per heavy atom. The highest BCUT2D eigenvalue weighted by Crippen LogP contribution is 2.25. The SMILES string of the molecule is C=CC(=O)OCCCOCC(COC(=O)C=C)(COC(=O)C=C)COC(=O)Nc1cccc(NC(=O)OC(C)COCO[Si](C)(C)COCC(C)OC(=O)Nc2cccc(NC(=O)OCC(COCCCOC(=O)C=C)(COC(=O)C=C)COC(=O)C=C)c2)c1. The highest BCUT2D eigenvalue weighted by molar-refractivity contribution is 6.71. The fourth-order valence-corrected chi connectivity index (χ4v) is 7.84. The van der Waals surface area contributed by atoms with Crippen molar-refractivity contribution >= 4 is 91.3 Å². The Hall–Kier alpha value is -9.20. The first-order chi connectivity index (χ1) is 42.9. The molecule has 494 valence electrons. The summed E-state index contributed by atoms with van der Waals surface area (Å²) in [4.78, 5) is 123. The van der Waals surface area contributed by atoms with Crippen molar-refractivity contribution in [3.05, 3.63) is 124 Å². The molecule has 2 aromatic rings. The molecular formula is C60H80N4O25Si. The molecule has 4 amide bonds. The number of rotatable bonds is 45. The summed E-state index contributed by atoms with van der Waals surface area (Å²) in [7, 11) is -2.50. The third-order valence-electron chi connectivity index (χ3n) is 11.3. The van der Waals surface area contributed by atoms with E-state index >= 15 is 0 Å². The molecule has 2 aromatic carbocycles. The topological polar surface area (TPSA) is 357 Å². The monoisotopic (exact) mass is 1280 g/mol. The number of hydrogen-bond acceptors (Lipinski definition) is 25. The van der Waals surface area contributed by atoms with E-state index in [4.69, 9.17) is 70.7 Å².